The fourth-order valence-electron chi connectivity index (χ4n) is 1.85. The third-order valence-corrected chi connectivity index (χ3v) is 2.70. The molecule has 0 bridgehead atoms. The fourth-order valence-corrected chi connectivity index (χ4v) is 1.85. The molecule has 5 heteroatoms. The maximum absolute atomic E-state index is 12.4. The van der Waals surface area contributed by atoms with E-state index >= 15 is 0 Å². The molecule has 0 aliphatic carbocycles. The van der Waals surface area contributed by atoms with Crippen LogP contribution in [-0.2, 0) is 0 Å². The number of ketones is 1. The van der Waals surface area contributed by atoms with Crippen molar-refractivity contribution in [2.45, 2.75) is 33.7 Å². The summed E-state index contributed by atoms with van der Waals surface area (Å²) in [5.74, 6) is 0.156. The minimum atomic E-state index is -0.182. The minimum Gasteiger partial charge on any atom is -0.283 e. The minimum absolute atomic E-state index is 0.0946. The van der Waals surface area contributed by atoms with E-state index in [0.29, 0.717) is 11.5 Å². The number of aryl methyl sites for hydroxylation is 2. The van der Waals surface area contributed by atoms with Gasteiger partial charge in [-0.15, -0.1) is 0 Å². The SMILES string of the molecule is Cc1cnc(C(=O)c2ncnn2C(C)C)c(C)c1. The lowest BCUT2D eigenvalue weighted by Gasteiger charge is -2.09. The van der Waals surface area contributed by atoms with Gasteiger partial charge in [0.05, 0.1) is 0 Å². The highest BCUT2D eigenvalue weighted by molar-refractivity contribution is 6.06. The smallest absolute Gasteiger partial charge is 0.248 e. The van der Waals surface area contributed by atoms with Crippen molar-refractivity contribution in [3.8, 4) is 0 Å². The van der Waals surface area contributed by atoms with Crippen molar-refractivity contribution in [3.05, 3.63) is 41.2 Å². The number of nitrogens with zero attached hydrogens (tertiary/aromatic N) is 4. The zero-order valence-electron chi connectivity index (χ0n) is 11.0. The van der Waals surface area contributed by atoms with Gasteiger partial charge >= 0.3 is 0 Å². The Balaban J connectivity index is 2.45. The van der Waals surface area contributed by atoms with Gasteiger partial charge in [0, 0.05) is 12.2 Å². The first-order valence-corrected chi connectivity index (χ1v) is 5.88. The molecule has 0 atom stereocenters. The lowest BCUT2D eigenvalue weighted by Crippen LogP contribution is -2.16. The first-order chi connectivity index (χ1) is 8.50. The summed E-state index contributed by atoms with van der Waals surface area (Å²) in [4.78, 5) is 20.6. The van der Waals surface area contributed by atoms with E-state index in [2.05, 4.69) is 15.1 Å². The fraction of sp³-hybridized carbons (Fsp3) is 0.385. The van der Waals surface area contributed by atoms with Gasteiger partial charge in [-0.1, -0.05) is 6.07 Å². The average molecular weight is 244 g/mol. The van der Waals surface area contributed by atoms with Crippen LogP contribution in [0.15, 0.2) is 18.6 Å². The molecule has 0 N–H and O–H groups in total. The largest absolute Gasteiger partial charge is 0.283 e. The second-order valence-electron chi connectivity index (χ2n) is 4.63. The molecule has 2 rings (SSSR count). The Labute approximate surface area is 106 Å². The van der Waals surface area contributed by atoms with Gasteiger partial charge in [0.2, 0.25) is 11.6 Å². The molecule has 2 aromatic rings. The molecule has 0 amide bonds. The van der Waals surface area contributed by atoms with Crippen molar-refractivity contribution in [2.24, 2.45) is 0 Å². The van der Waals surface area contributed by atoms with Crippen molar-refractivity contribution in [3.63, 3.8) is 0 Å². The molecule has 0 fully saturated rings. The predicted octanol–water partition coefficient (Wildman–Crippen LogP) is 2.10. The van der Waals surface area contributed by atoms with Gasteiger partial charge in [-0.25, -0.2) is 9.67 Å². The summed E-state index contributed by atoms with van der Waals surface area (Å²) in [6, 6.07) is 2.04. The number of rotatable bonds is 3. The Hall–Kier alpha value is -2.04. The summed E-state index contributed by atoms with van der Waals surface area (Å²) >= 11 is 0. The molecular formula is C13H16N4O. The zero-order valence-corrected chi connectivity index (χ0v) is 11.0. The van der Waals surface area contributed by atoms with Crippen LogP contribution in [0.2, 0.25) is 0 Å². The van der Waals surface area contributed by atoms with E-state index in [1.165, 1.54) is 6.33 Å². The number of pyridine rings is 1. The van der Waals surface area contributed by atoms with E-state index in [4.69, 9.17) is 0 Å². The highest BCUT2D eigenvalue weighted by atomic mass is 16.1. The molecule has 5 nitrogen and oxygen atoms in total. The number of carbonyl (C=O) groups excluding carboxylic acids is 1. The van der Waals surface area contributed by atoms with Crippen LogP contribution in [0.5, 0.6) is 0 Å². The lowest BCUT2D eigenvalue weighted by atomic mass is 10.1. The van der Waals surface area contributed by atoms with Crippen LogP contribution in [0.25, 0.3) is 0 Å². The van der Waals surface area contributed by atoms with Crippen molar-refractivity contribution in [1.82, 2.24) is 19.7 Å². The number of hydrogen-bond donors (Lipinski definition) is 0. The van der Waals surface area contributed by atoms with E-state index in [1.807, 2.05) is 33.8 Å². The molecular weight excluding hydrogens is 228 g/mol. The summed E-state index contributed by atoms with van der Waals surface area (Å²) < 4.78 is 1.61. The van der Waals surface area contributed by atoms with Crippen LogP contribution in [0.4, 0.5) is 0 Å². The van der Waals surface area contributed by atoms with Gasteiger partial charge in [0.15, 0.2) is 0 Å². The third kappa shape index (κ3) is 2.16. The topological polar surface area (TPSA) is 60.7 Å². The zero-order chi connectivity index (χ0) is 13.3. The van der Waals surface area contributed by atoms with E-state index in [1.54, 1.807) is 10.9 Å². The van der Waals surface area contributed by atoms with Crippen LogP contribution >= 0.6 is 0 Å². The molecule has 0 aromatic carbocycles. The standard InChI is InChI=1S/C13H16N4O/c1-8(2)17-13(15-7-16-17)12(18)11-10(4)5-9(3)6-14-11/h5-8H,1-4H3. The Bertz CT molecular complexity index is 586. The number of hydrogen-bond acceptors (Lipinski definition) is 4. The van der Waals surface area contributed by atoms with E-state index in [-0.39, 0.29) is 11.8 Å². The van der Waals surface area contributed by atoms with Gasteiger partial charge in [0.25, 0.3) is 0 Å². The molecule has 0 spiro atoms. The average Bonchev–Trinajstić information content (AvgIpc) is 2.77. The lowest BCUT2D eigenvalue weighted by molar-refractivity contribution is 0.101. The first kappa shape index (κ1) is 12.4. The van der Waals surface area contributed by atoms with E-state index in [0.717, 1.165) is 11.1 Å². The molecule has 0 saturated carbocycles. The van der Waals surface area contributed by atoms with Crippen LogP contribution in [0.1, 0.15) is 47.3 Å². The van der Waals surface area contributed by atoms with Crippen LogP contribution in [0.3, 0.4) is 0 Å². The molecule has 2 aromatic heterocycles. The van der Waals surface area contributed by atoms with E-state index in [9.17, 15) is 4.79 Å². The van der Waals surface area contributed by atoms with Gasteiger partial charge in [-0.2, -0.15) is 5.10 Å². The predicted molar refractivity (Wildman–Crippen MR) is 67.6 cm³/mol. The summed E-state index contributed by atoms with van der Waals surface area (Å²) in [6.45, 7) is 7.75. The molecule has 0 saturated heterocycles. The van der Waals surface area contributed by atoms with Gasteiger partial charge < -0.3 is 0 Å². The maximum atomic E-state index is 12.4. The molecule has 0 aliphatic rings. The van der Waals surface area contributed by atoms with Crippen LogP contribution in [0, 0.1) is 13.8 Å². The molecule has 18 heavy (non-hydrogen) atoms. The highest BCUT2D eigenvalue weighted by Crippen LogP contribution is 2.13. The summed E-state index contributed by atoms with van der Waals surface area (Å²) in [5.41, 5.74) is 2.34. The Morgan fingerprint density at radius 1 is 1.28 bits per heavy atom. The van der Waals surface area contributed by atoms with E-state index < -0.39 is 0 Å². The third-order valence-electron chi connectivity index (χ3n) is 2.70. The monoisotopic (exact) mass is 244 g/mol. The van der Waals surface area contributed by atoms with Crippen molar-refractivity contribution in [1.29, 1.82) is 0 Å². The Morgan fingerprint density at radius 3 is 2.61 bits per heavy atom. The summed E-state index contributed by atoms with van der Waals surface area (Å²) in [5, 5.41) is 4.07. The number of aromatic nitrogens is 4. The van der Waals surface area contributed by atoms with Gasteiger partial charge in [-0.05, 0) is 38.8 Å². The van der Waals surface area contributed by atoms with Crippen molar-refractivity contribution in [2.75, 3.05) is 0 Å². The second kappa shape index (κ2) is 4.68. The normalized spacial score (nSPS) is 10.9. The van der Waals surface area contributed by atoms with Crippen molar-refractivity contribution >= 4 is 5.78 Å². The molecule has 0 unspecified atom stereocenters. The molecule has 0 radical (unpaired) electrons. The molecule has 94 valence electrons. The first-order valence-electron chi connectivity index (χ1n) is 5.88. The molecule has 2 heterocycles. The second-order valence-corrected chi connectivity index (χ2v) is 4.63. The van der Waals surface area contributed by atoms with Gasteiger partial charge in [-0.3, -0.25) is 9.78 Å². The van der Waals surface area contributed by atoms with Crippen LogP contribution < -0.4 is 0 Å². The molecule has 0 aliphatic heterocycles. The number of carbonyl (C=O) groups is 1. The maximum Gasteiger partial charge on any atom is 0.248 e. The summed E-state index contributed by atoms with van der Waals surface area (Å²) in [7, 11) is 0. The highest BCUT2D eigenvalue weighted by Gasteiger charge is 2.20. The van der Waals surface area contributed by atoms with Crippen molar-refractivity contribution < 1.29 is 4.79 Å². The van der Waals surface area contributed by atoms with Crippen LogP contribution in [-0.4, -0.2) is 25.5 Å². The van der Waals surface area contributed by atoms with Gasteiger partial charge in [0.1, 0.15) is 12.0 Å². The summed E-state index contributed by atoms with van der Waals surface area (Å²) in [6.07, 6.45) is 3.09. The Kier molecular flexibility index (Phi) is 3.23. The Morgan fingerprint density at radius 2 is 2.00 bits per heavy atom. The quantitative estimate of drug-likeness (QED) is 0.776.